The molecule has 1 aromatic rings. The first-order chi connectivity index (χ1) is 9.04. The average molecular weight is 263 g/mol. The van der Waals surface area contributed by atoms with E-state index in [1.165, 1.54) is 0 Å². The Labute approximate surface area is 113 Å². The third-order valence-corrected chi connectivity index (χ3v) is 2.47. The van der Waals surface area contributed by atoms with Gasteiger partial charge in [0, 0.05) is 12.5 Å². The van der Waals surface area contributed by atoms with Crippen molar-refractivity contribution in [1.29, 1.82) is 0 Å². The lowest BCUT2D eigenvalue weighted by Crippen LogP contribution is -2.31. The van der Waals surface area contributed by atoms with Gasteiger partial charge in [-0.2, -0.15) is 0 Å². The van der Waals surface area contributed by atoms with Crippen LogP contribution in [-0.4, -0.2) is 24.4 Å². The number of nitrogens with one attached hydrogen (secondary N) is 2. The minimum atomic E-state index is -0.190. The van der Waals surface area contributed by atoms with Crippen molar-refractivity contribution in [3.05, 3.63) is 29.8 Å². The van der Waals surface area contributed by atoms with E-state index >= 15 is 0 Å². The van der Waals surface area contributed by atoms with Crippen molar-refractivity contribution in [2.45, 2.75) is 32.7 Å². The predicted octanol–water partition coefficient (Wildman–Crippen LogP) is 1.50. The summed E-state index contributed by atoms with van der Waals surface area (Å²) in [5, 5.41) is 5.55. The molecule has 0 unspecified atom stereocenters. The van der Waals surface area contributed by atoms with Gasteiger partial charge in [-0.25, -0.2) is 0 Å². The number of nitrogens with two attached hydrogens (primary N) is 1. The second-order valence-electron chi connectivity index (χ2n) is 4.61. The molecule has 5 heteroatoms. The fourth-order valence-corrected chi connectivity index (χ4v) is 1.61. The Bertz CT molecular complexity index is 444. The van der Waals surface area contributed by atoms with E-state index in [0.29, 0.717) is 30.6 Å². The molecule has 0 aromatic heterocycles. The van der Waals surface area contributed by atoms with E-state index in [-0.39, 0.29) is 17.9 Å². The van der Waals surface area contributed by atoms with E-state index in [1.807, 2.05) is 13.8 Å². The van der Waals surface area contributed by atoms with Crippen LogP contribution in [0.3, 0.4) is 0 Å². The molecule has 0 fully saturated rings. The van der Waals surface area contributed by atoms with Crippen LogP contribution < -0.4 is 16.4 Å². The van der Waals surface area contributed by atoms with Crippen LogP contribution >= 0.6 is 0 Å². The van der Waals surface area contributed by atoms with Crippen LogP contribution in [0, 0.1) is 0 Å². The normalized spacial score (nSPS) is 10.3. The Morgan fingerprint density at radius 3 is 2.58 bits per heavy atom. The maximum atomic E-state index is 12.0. The quantitative estimate of drug-likeness (QED) is 0.727. The highest BCUT2D eigenvalue weighted by Gasteiger charge is 2.13. The van der Waals surface area contributed by atoms with Crippen molar-refractivity contribution in [2.24, 2.45) is 5.73 Å². The largest absolute Gasteiger partial charge is 0.350 e. The molecule has 0 bridgehead atoms. The Morgan fingerprint density at radius 2 is 1.95 bits per heavy atom. The van der Waals surface area contributed by atoms with E-state index in [0.717, 1.165) is 0 Å². The zero-order valence-electron chi connectivity index (χ0n) is 11.4. The Kier molecular flexibility index (Phi) is 6.02. The summed E-state index contributed by atoms with van der Waals surface area (Å²) in [5.74, 6) is -0.319. The monoisotopic (exact) mass is 263 g/mol. The van der Waals surface area contributed by atoms with Crippen LogP contribution in [0.2, 0.25) is 0 Å². The summed E-state index contributed by atoms with van der Waals surface area (Å²) in [6.45, 7) is 4.25. The van der Waals surface area contributed by atoms with E-state index in [9.17, 15) is 9.59 Å². The standard InChI is InChI=1S/C14H21N3O2/c1-10(2)16-14(19)11-6-3-4-7-12(11)17-13(18)8-5-9-15/h3-4,6-7,10H,5,8-9,15H2,1-2H3,(H,16,19)(H,17,18). The van der Waals surface area contributed by atoms with Crippen molar-refractivity contribution >= 4 is 17.5 Å². The summed E-state index contributed by atoms with van der Waals surface area (Å²) < 4.78 is 0. The van der Waals surface area contributed by atoms with Gasteiger partial charge in [0.15, 0.2) is 0 Å². The number of carbonyl (C=O) groups excluding carboxylic acids is 2. The average Bonchev–Trinajstić information content (AvgIpc) is 2.36. The lowest BCUT2D eigenvalue weighted by Gasteiger charge is -2.13. The van der Waals surface area contributed by atoms with Crippen LogP contribution in [-0.2, 0) is 4.79 Å². The molecule has 1 rings (SSSR count). The maximum Gasteiger partial charge on any atom is 0.253 e. The molecular formula is C14H21N3O2. The number of carbonyl (C=O) groups is 2. The molecule has 0 aliphatic heterocycles. The van der Waals surface area contributed by atoms with Gasteiger partial charge in [0.2, 0.25) is 5.91 Å². The number of hydrogen-bond donors (Lipinski definition) is 3. The lowest BCUT2D eigenvalue weighted by molar-refractivity contribution is -0.116. The molecule has 4 N–H and O–H groups in total. The molecule has 0 aliphatic rings. The van der Waals surface area contributed by atoms with E-state index < -0.39 is 0 Å². The first kappa shape index (κ1) is 15.2. The summed E-state index contributed by atoms with van der Waals surface area (Å²) >= 11 is 0. The summed E-state index contributed by atoms with van der Waals surface area (Å²) in [6, 6.07) is 7.01. The molecule has 0 aliphatic carbocycles. The third kappa shape index (κ3) is 5.09. The van der Waals surface area contributed by atoms with Gasteiger partial charge in [-0.05, 0) is 38.9 Å². The number of amides is 2. The topological polar surface area (TPSA) is 84.2 Å². The maximum absolute atomic E-state index is 12.0. The number of rotatable bonds is 6. The van der Waals surface area contributed by atoms with Gasteiger partial charge in [0.05, 0.1) is 11.3 Å². The highest BCUT2D eigenvalue weighted by Crippen LogP contribution is 2.15. The fourth-order valence-electron chi connectivity index (χ4n) is 1.61. The van der Waals surface area contributed by atoms with Crippen LogP contribution in [0.15, 0.2) is 24.3 Å². The molecule has 0 saturated heterocycles. The van der Waals surface area contributed by atoms with Gasteiger partial charge >= 0.3 is 0 Å². The zero-order valence-corrected chi connectivity index (χ0v) is 11.4. The number of para-hydroxylation sites is 1. The molecule has 2 amide bonds. The first-order valence-electron chi connectivity index (χ1n) is 6.44. The Hall–Kier alpha value is -1.88. The SMILES string of the molecule is CC(C)NC(=O)c1ccccc1NC(=O)CCCN. The van der Waals surface area contributed by atoms with E-state index in [4.69, 9.17) is 5.73 Å². The van der Waals surface area contributed by atoms with Gasteiger partial charge in [-0.3, -0.25) is 9.59 Å². The zero-order chi connectivity index (χ0) is 14.3. The van der Waals surface area contributed by atoms with E-state index in [2.05, 4.69) is 10.6 Å². The van der Waals surface area contributed by atoms with E-state index in [1.54, 1.807) is 24.3 Å². The molecular weight excluding hydrogens is 242 g/mol. The van der Waals surface area contributed by atoms with Crippen LogP contribution in [0.25, 0.3) is 0 Å². The molecule has 1 aromatic carbocycles. The van der Waals surface area contributed by atoms with Crippen molar-refractivity contribution in [1.82, 2.24) is 5.32 Å². The second-order valence-corrected chi connectivity index (χ2v) is 4.61. The molecule has 0 radical (unpaired) electrons. The molecule has 19 heavy (non-hydrogen) atoms. The van der Waals surface area contributed by atoms with Gasteiger partial charge in [0.25, 0.3) is 5.91 Å². The number of benzene rings is 1. The summed E-state index contributed by atoms with van der Waals surface area (Å²) in [7, 11) is 0. The van der Waals surface area contributed by atoms with Gasteiger partial charge in [-0.1, -0.05) is 12.1 Å². The van der Waals surface area contributed by atoms with Crippen LogP contribution in [0.4, 0.5) is 5.69 Å². The predicted molar refractivity (Wildman–Crippen MR) is 76.0 cm³/mol. The highest BCUT2D eigenvalue weighted by molar-refractivity contribution is 6.03. The van der Waals surface area contributed by atoms with Crippen LogP contribution in [0.1, 0.15) is 37.0 Å². The fraction of sp³-hybridized carbons (Fsp3) is 0.429. The smallest absolute Gasteiger partial charge is 0.253 e. The third-order valence-electron chi connectivity index (χ3n) is 2.47. The molecule has 5 nitrogen and oxygen atoms in total. The summed E-state index contributed by atoms with van der Waals surface area (Å²) in [4.78, 5) is 23.7. The van der Waals surface area contributed by atoms with Gasteiger partial charge < -0.3 is 16.4 Å². The lowest BCUT2D eigenvalue weighted by atomic mass is 10.1. The van der Waals surface area contributed by atoms with Crippen molar-refractivity contribution in [2.75, 3.05) is 11.9 Å². The second kappa shape index (κ2) is 7.53. The number of anilines is 1. The molecule has 0 atom stereocenters. The molecule has 0 saturated carbocycles. The van der Waals surface area contributed by atoms with Crippen molar-refractivity contribution in [3.63, 3.8) is 0 Å². The van der Waals surface area contributed by atoms with Gasteiger partial charge in [0.1, 0.15) is 0 Å². The Morgan fingerprint density at radius 1 is 1.26 bits per heavy atom. The number of hydrogen-bond acceptors (Lipinski definition) is 3. The minimum absolute atomic E-state index is 0.0495. The first-order valence-corrected chi connectivity index (χ1v) is 6.44. The summed E-state index contributed by atoms with van der Waals surface area (Å²) in [6.07, 6.45) is 0.989. The van der Waals surface area contributed by atoms with Crippen molar-refractivity contribution < 1.29 is 9.59 Å². The highest BCUT2D eigenvalue weighted by atomic mass is 16.2. The summed E-state index contributed by atoms with van der Waals surface area (Å²) in [5.41, 5.74) is 6.36. The molecule has 104 valence electrons. The minimum Gasteiger partial charge on any atom is -0.350 e. The van der Waals surface area contributed by atoms with Crippen molar-refractivity contribution in [3.8, 4) is 0 Å². The molecule has 0 heterocycles. The Balaban J connectivity index is 2.78. The van der Waals surface area contributed by atoms with Crippen LogP contribution in [0.5, 0.6) is 0 Å². The van der Waals surface area contributed by atoms with Gasteiger partial charge in [-0.15, -0.1) is 0 Å². The molecule has 0 spiro atoms.